The summed E-state index contributed by atoms with van der Waals surface area (Å²) in [5, 5.41) is 5.07. The third-order valence-electron chi connectivity index (χ3n) is 2.60. The molecule has 1 aromatic carbocycles. The van der Waals surface area contributed by atoms with Crippen LogP contribution >= 0.6 is 0 Å². The molecule has 110 valence electrons. The van der Waals surface area contributed by atoms with Gasteiger partial charge in [-0.2, -0.15) is 0 Å². The van der Waals surface area contributed by atoms with E-state index in [-0.39, 0.29) is 18.3 Å². The van der Waals surface area contributed by atoms with E-state index < -0.39 is 18.0 Å². The number of amides is 2. The summed E-state index contributed by atoms with van der Waals surface area (Å²) in [6.07, 6.45) is 0. The lowest BCUT2D eigenvalue weighted by Crippen LogP contribution is -2.47. The van der Waals surface area contributed by atoms with Crippen molar-refractivity contribution in [3.63, 3.8) is 0 Å². The predicted octanol–water partition coefficient (Wildman–Crippen LogP) is 2.53. The van der Waals surface area contributed by atoms with Crippen LogP contribution in [0.5, 0.6) is 0 Å². The average molecular weight is 282 g/mol. The SMILES string of the molecule is CCOC(=O)C(NC(=O)Nc1ccc(F)cc1)C(C)C. The number of urea groups is 1. The number of anilines is 1. The molecule has 0 heterocycles. The number of carbonyl (C=O) groups is 2. The zero-order valence-electron chi connectivity index (χ0n) is 11.8. The number of ether oxygens (including phenoxy) is 1. The van der Waals surface area contributed by atoms with Crippen molar-refractivity contribution in [3.8, 4) is 0 Å². The first-order valence-electron chi connectivity index (χ1n) is 6.43. The van der Waals surface area contributed by atoms with Crippen LogP contribution in [0.2, 0.25) is 0 Å². The number of hydrogen-bond donors (Lipinski definition) is 2. The Labute approximate surface area is 117 Å². The topological polar surface area (TPSA) is 67.4 Å². The Balaban J connectivity index is 2.62. The zero-order valence-corrected chi connectivity index (χ0v) is 11.8. The molecule has 20 heavy (non-hydrogen) atoms. The third kappa shape index (κ3) is 4.87. The van der Waals surface area contributed by atoms with E-state index in [1.807, 2.05) is 0 Å². The fraction of sp³-hybridized carbons (Fsp3) is 0.429. The van der Waals surface area contributed by atoms with Gasteiger partial charge in [-0.25, -0.2) is 14.0 Å². The Morgan fingerprint density at radius 3 is 2.35 bits per heavy atom. The largest absolute Gasteiger partial charge is 0.464 e. The van der Waals surface area contributed by atoms with Crippen LogP contribution in [0.4, 0.5) is 14.9 Å². The third-order valence-corrected chi connectivity index (χ3v) is 2.60. The molecule has 1 unspecified atom stereocenters. The second-order valence-corrected chi connectivity index (χ2v) is 4.58. The molecule has 0 fully saturated rings. The summed E-state index contributed by atoms with van der Waals surface area (Å²) < 4.78 is 17.6. The molecule has 0 aliphatic rings. The maximum atomic E-state index is 12.7. The molecule has 6 heteroatoms. The highest BCUT2D eigenvalue weighted by Crippen LogP contribution is 2.09. The number of nitrogens with one attached hydrogen (secondary N) is 2. The Morgan fingerprint density at radius 1 is 1.25 bits per heavy atom. The van der Waals surface area contributed by atoms with Crippen LogP contribution in [-0.2, 0) is 9.53 Å². The van der Waals surface area contributed by atoms with Gasteiger partial charge in [-0.15, -0.1) is 0 Å². The normalized spacial score (nSPS) is 11.8. The molecule has 1 atom stereocenters. The van der Waals surface area contributed by atoms with Crippen molar-refractivity contribution in [1.29, 1.82) is 0 Å². The van der Waals surface area contributed by atoms with E-state index in [9.17, 15) is 14.0 Å². The molecule has 1 aromatic rings. The number of halogens is 1. The van der Waals surface area contributed by atoms with Crippen LogP contribution in [-0.4, -0.2) is 24.6 Å². The van der Waals surface area contributed by atoms with E-state index in [2.05, 4.69) is 10.6 Å². The maximum absolute atomic E-state index is 12.7. The van der Waals surface area contributed by atoms with Gasteiger partial charge in [-0.1, -0.05) is 13.8 Å². The Kier molecular flexibility index (Phi) is 5.96. The van der Waals surface area contributed by atoms with Crippen molar-refractivity contribution < 1.29 is 18.7 Å². The number of rotatable bonds is 5. The average Bonchev–Trinajstić information content (AvgIpc) is 2.38. The summed E-state index contributed by atoms with van der Waals surface area (Å²) in [7, 11) is 0. The van der Waals surface area contributed by atoms with E-state index in [1.54, 1.807) is 20.8 Å². The molecule has 1 rings (SSSR count). The quantitative estimate of drug-likeness (QED) is 0.815. The van der Waals surface area contributed by atoms with Crippen molar-refractivity contribution in [2.24, 2.45) is 5.92 Å². The van der Waals surface area contributed by atoms with Gasteiger partial charge in [0.05, 0.1) is 6.61 Å². The molecular weight excluding hydrogens is 263 g/mol. The van der Waals surface area contributed by atoms with Crippen LogP contribution in [0, 0.1) is 11.7 Å². The molecule has 0 saturated carbocycles. The molecule has 0 spiro atoms. The Hall–Kier alpha value is -2.11. The second kappa shape index (κ2) is 7.47. The first-order valence-corrected chi connectivity index (χ1v) is 6.43. The van der Waals surface area contributed by atoms with Gasteiger partial charge in [0, 0.05) is 5.69 Å². The molecule has 2 amide bonds. The smallest absolute Gasteiger partial charge is 0.328 e. The second-order valence-electron chi connectivity index (χ2n) is 4.58. The summed E-state index contributed by atoms with van der Waals surface area (Å²) in [5.74, 6) is -0.965. The molecule has 5 nitrogen and oxygen atoms in total. The predicted molar refractivity (Wildman–Crippen MR) is 73.8 cm³/mol. The Bertz CT molecular complexity index is 460. The lowest BCUT2D eigenvalue weighted by atomic mass is 10.1. The van der Waals surface area contributed by atoms with Crippen molar-refractivity contribution in [3.05, 3.63) is 30.1 Å². The molecule has 2 N–H and O–H groups in total. The highest BCUT2D eigenvalue weighted by Gasteiger charge is 2.25. The van der Waals surface area contributed by atoms with Crippen LogP contribution in [0.25, 0.3) is 0 Å². The van der Waals surface area contributed by atoms with E-state index in [1.165, 1.54) is 24.3 Å². The fourth-order valence-electron chi connectivity index (χ4n) is 1.57. The molecule has 0 radical (unpaired) electrons. The van der Waals surface area contributed by atoms with Gasteiger partial charge in [-0.3, -0.25) is 0 Å². The number of hydrogen-bond acceptors (Lipinski definition) is 3. The molecule has 0 bridgehead atoms. The standard InChI is InChI=1S/C14H19FN2O3/c1-4-20-13(18)12(9(2)3)17-14(19)16-11-7-5-10(15)6-8-11/h5-9,12H,4H2,1-3H3,(H2,16,17,19). The van der Waals surface area contributed by atoms with Gasteiger partial charge >= 0.3 is 12.0 Å². The first kappa shape index (κ1) is 15.9. The van der Waals surface area contributed by atoms with Gasteiger partial charge in [-0.05, 0) is 37.1 Å². The molecular formula is C14H19FN2O3. The monoisotopic (exact) mass is 282 g/mol. The molecule has 0 aliphatic heterocycles. The minimum Gasteiger partial charge on any atom is -0.464 e. The summed E-state index contributed by atoms with van der Waals surface area (Å²) >= 11 is 0. The molecule has 0 aromatic heterocycles. The first-order chi connectivity index (χ1) is 9.43. The highest BCUT2D eigenvalue weighted by atomic mass is 19.1. The minimum absolute atomic E-state index is 0.104. The zero-order chi connectivity index (χ0) is 15.1. The van der Waals surface area contributed by atoms with Crippen molar-refractivity contribution in [2.45, 2.75) is 26.8 Å². The van der Waals surface area contributed by atoms with Crippen molar-refractivity contribution in [1.82, 2.24) is 5.32 Å². The van der Waals surface area contributed by atoms with Crippen molar-refractivity contribution in [2.75, 3.05) is 11.9 Å². The van der Waals surface area contributed by atoms with Crippen LogP contribution in [0.3, 0.4) is 0 Å². The molecule has 0 saturated heterocycles. The van der Waals surface area contributed by atoms with E-state index >= 15 is 0 Å². The lowest BCUT2D eigenvalue weighted by Gasteiger charge is -2.20. The van der Waals surface area contributed by atoms with Gasteiger partial charge in [0.2, 0.25) is 0 Å². The van der Waals surface area contributed by atoms with E-state index in [0.717, 1.165) is 0 Å². The Morgan fingerprint density at radius 2 is 1.85 bits per heavy atom. The number of esters is 1. The van der Waals surface area contributed by atoms with Gasteiger partial charge in [0.1, 0.15) is 11.9 Å². The van der Waals surface area contributed by atoms with Gasteiger partial charge < -0.3 is 15.4 Å². The lowest BCUT2D eigenvalue weighted by molar-refractivity contribution is -0.146. The summed E-state index contributed by atoms with van der Waals surface area (Å²) in [6, 6.07) is 4.08. The number of benzene rings is 1. The van der Waals surface area contributed by atoms with Crippen LogP contribution < -0.4 is 10.6 Å². The van der Waals surface area contributed by atoms with E-state index in [4.69, 9.17) is 4.74 Å². The van der Waals surface area contributed by atoms with Crippen LogP contribution in [0.1, 0.15) is 20.8 Å². The summed E-state index contributed by atoms with van der Waals surface area (Å²) in [6.45, 7) is 5.57. The minimum atomic E-state index is -0.726. The summed E-state index contributed by atoms with van der Waals surface area (Å²) in [4.78, 5) is 23.5. The molecule has 0 aliphatic carbocycles. The number of carbonyl (C=O) groups excluding carboxylic acids is 2. The van der Waals surface area contributed by atoms with Crippen LogP contribution in [0.15, 0.2) is 24.3 Å². The van der Waals surface area contributed by atoms with Crippen molar-refractivity contribution >= 4 is 17.7 Å². The van der Waals surface area contributed by atoms with Gasteiger partial charge in [0.25, 0.3) is 0 Å². The highest BCUT2D eigenvalue weighted by molar-refractivity contribution is 5.92. The van der Waals surface area contributed by atoms with E-state index in [0.29, 0.717) is 5.69 Å². The summed E-state index contributed by atoms with van der Waals surface area (Å²) in [5.41, 5.74) is 0.440. The van der Waals surface area contributed by atoms with Gasteiger partial charge in [0.15, 0.2) is 0 Å². The maximum Gasteiger partial charge on any atom is 0.328 e. The fourth-order valence-corrected chi connectivity index (χ4v) is 1.57.